The number of nitrogens with two attached hydrogens (primary N) is 1. The molecule has 4 N–H and O–H groups in total. The molecule has 0 fully saturated rings. The lowest BCUT2D eigenvalue weighted by molar-refractivity contribution is -0.265. The van der Waals surface area contributed by atoms with Gasteiger partial charge in [-0.2, -0.15) is 13.2 Å². The number of halogens is 5. The zero-order valence-electron chi connectivity index (χ0n) is 20.6. The topological polar surface area (TPSA) is 132 Å². The van der Waals surface area contributed by atoms with Gasteiger partial charge in [-0.3, -0.25) is 9.59 Å². The minimum absolute atomic E-state index is 0.0536. The summed E-state index contributed by atoms with van der Waals surface area (Å²) in [5, 5.41) is 13.1. The Balaban J connectivity index is 1.58. The van der Waals surface area contributed by atoms with E-state index < -0.39 is 52.9 Å². The summed E-state index contributed by atoms with van der Waals surface area (Å²) in [4.78, 5) is 33.0. The first kappa shape index (κ1) is 27.0. The van der Waals surface area contributed by atoms with E-state index in [-0.39, 0.29) is 40.5 Å². The maximum Gasteiger partial charge on any atom is 0.424 e. The van der Waals surface area contributed by atoms with Crippen LogP contribution in [0.15, 0.2) is 54.9 Å². The molecule has 2 atom stereocenters. The molecular weight excluding hydrogens is 541 g/mol. The lowest BCUT2D eigenvalue weighted by Crippen LogP contribution is -2.52. The van der Waals surface area contributed by atoms with E-state index in [0.29, 0.717) is 0 Å². The Labute approximate surface area is 222 Å². The number of rotatable bonds is 6. The molecule has 1 aromatic carbocycles. The molecule has 0 saturated carbocycles. The second-order valence-electron chi connectivity index (χ2n) is 9.50. The lowest BCUT2D eigenvalue weighted by atomic mass is 9.81. The number of benzene rings is 1. The van der Waals surface area contributed by atoms with Crippen molar-refractivity contribution in [3.05, 3.63) is 83.4 Å². The van der Waals surface area contributed by atoms with Gasteiger partial charge in [-0.1, -0.05) is 0 Å². The minimum Gasteiger partial charge on any atom is -0.489 e. The van der Waals surface area contributed by atoms with Gasteiger partial charge in [0.25, 0.3) is 5.91 Å². The maximum atomic E-state index is 14.5. The molecule has 0 radical (unpaired) electrons. The average Bonchev–Trinajstić information content (AvgIpc) is 3.48. The number of carbonyl (C=O) groups is 2. The predicted octanol–water partition coefficient (Wildman–Crippen LogP) is 2.99. The summed E-state index contributed by atoms with van der Waals surface area (Å²) >= 11 is 0. The molecule has 1 aliphatic rings. The number of aromatic nitrogens is 3. The Morgan fingerprint density at radius 2 is 1.77 bits per heavy atom. The smallest absolute Gasteiger partial charge is 0.424 e. The van der Waals surface area contributed by atoms with E-state index in [1.165, 1.54) is 29.5 Å². The van der Waals surface area contributed by atoms with Crippen LogP contribution >= 0.6 is 0 Å². The highest BCUT2D eigenvalue weighted by Gasteiger charge is 2.57. The summed E-state index contributed by atoms with van der Waals surface area (Å²) in [6.45, 7) is -0.354. The van der Waals surface area contributed by atoms with E-state index in [1.54, 1.807) is 0 Å². The molecule has 9 nitrogen and oxygen atoms in total. The van der Waals surface area contributed by atoms with Crippen molar-refractivity contribution in [3.8, 4) is 17.0 Å². The summed E-state index contributed by atoms with van der Waals surface area (Å²) in [6.07, 6.45) is -3.25. The molecule has 0 bridgehead atoms. The maximum absolute atomic E-state index is 14.5. The van der Waals surface area contributed by atoms with E-state index in [1.807, 2.05) is 5.32 Å². The van der Waals surface area contributed by atoms with E-state index in [9.17, 15) is 36.6 Å². The lowest BCUT2D eigenvalue weighted by Gasteiger charge is -2.31. The fourth-order valence-corrected chi connectivity index (χ4v) is 4.31. The molecule has 4 aromatic rings. The normalized spacial score (nSPS) is 18.2. The summed E-state index contributed by atoms with van der Waals surface area (Å²) < 4.78 is 77.2. The van der Waals surface area contributed by atoms with Crippen LogP contribution in [0.4, 0.5) is 22.0 Å². The molecule has 0 aliphatic carbocycles. The highest BCUT2D eigenvalue weighted by Crippen LogP contribution is 2.47. The minimum atomic E-state index is -5.38. The average molecular weight is 561 g/mol. The van der Waals surface area contributed by atoms with Crippen molar-refractivity contribution < 1.29 is 41.4 Å². The van der Waals surface area contributed by atoms with Gasteiger partial charge in [0.05, 0.1) is 12.2 Å². The van der Waals surface area contributed by atoms with Crippen LogP contribution in [0, 0.1) is 11.6 Å². The molecule has 0 unspecified atom stereocenters. The summed E-state index contributed by atoms with van der Waals surface area (Å²) in [7, 11) is 0. The van der Waals surface area contributed by atoms with Gasteiger partial charge in [0.15, 0.2) is 0 Å². The number of primary amides is 1. The Morgan fingerprint density at radius 3 is 2.42 bits per heavy atom. The van der Waals surface area contributed by atoms with Crippen LogP contribution < -0.4 is 15.8 Å². The number of hydrogen-bond acceptors (Lipinski definition) is 6. The molecule has 4 heterocycles. The highest BCUT2D eigenvalue weighted by atomic mass is 19.4. The zero-order chi connectivity index (χ0) is 29.0. The Hall–Kier alpha value is -4.59. The zero-order valence-corrected chi connectivity index (χ0v) is 20.6. The molecule has 14 heteroatoms. The molecule has 3 aromatic heterocycles. The van der Waals surface area contributed by atoms with Crippen molar-refractivity contribution in [1.29, 1.82) is 0 Å². The second kappa shape index (κ2) is 9.26. The highest BCUT2D eigenvalue weighted by molar-refractivity contribution is 5.93. The van der Waals surface area contributed by atoms with Gasteiger partial charge in [0, 0.05) is 23.5 Å². The van der Waals surface area contributed by atoms with Gasteiger partial charge in [-0.05, 0) is 49.4 Å². The number of aliphatic hydroxyl groups is 1. The molecule has 2 amide bonds. The first-order valence-corrected chi connectivity index (χ1v) is 11.7. The number of pyridine rings is 2. The third kappa shape index (κ3) is 4.39. The standard InChI is InChI=1S/C26H20F5N5O4/c1-24(23(32)38)12-40-21-16(24)8-18(35-20(21)13-2-4-14(27)5-3-13)25(39,26(29,30)31)11-33-22(37)17-10-36-9-15(28)6-7-19(36)34-17/h2-10,39H,11-12H2,1H3,(H2,32,38)(H,33,37)/t24-,25-/m0/s1. The first-order chi connectivity index (χ1) is 18.7. The van der Waals surface area contributed by atoms with Gasteiger partial charge in [-0.15, -0.1) is 0 Å². The van der Waals surface area contributed by atoms with Crippen LogP contribution in [0.1, 0.15) is 28.7 Å². The Kier molecular flexibility index (Phi) is 6.25. The second-order valence-corrected chi connectivity index (χ2v) is 9.50. The summed E-state index contributed by atoms with van der Waals surface area (Å²) in [6, 6.07) is 7.80. The van der Waals surface area contributed by atoms with Crippen molar-refractivity contribution in [2.75, 3.05) is 13.2 Å². The number of amides is 2. The van der Waals surface area contributed by atoms with Crippen molar-refractivity contribution in [2.24, 2.45) is 5.73 Å². The van der Waals surface area contributed by atoms with Crippen molar-refractivity contribution in [3.63, 3.8) is 0 Å². The van der Waals surface area contributed by atoms with Gasteiger partial charge in [0.2, 0.25) is 11.5 Å². The molecule has 1 aliphatic heterocycles. The molecule has 0 spiro atoms. The van der Waals surface area contributed by atoms with E-state index >= 15 is 0 Å². The number of nitrogens with one attached hydrogen (secondary N) is 1. The van der Waals surface area contributed by atoms with Gasteiger partial charge in [-0.25, -0.2) is 18.7 Å². The number of hydrogen-bond donors (Lipinski definition) is 3. The third-order valence-corrected chi connectivity index (χ3v) is 6.78. The molecule has 5 rings (SSSR count). The molecule has 208 valence electrons. The predicted molar refractivity (Wildman–Crippen MR) is 129 cm³/mol. The van der Waals surface area contributed by atoms with Crippen LogP contribution in [-0.2, 0) is 15.8 Å². The Bertz CT molecular complexity index is 1660. The van der Waals surface area contributed by atoms with Crippen LogP contribution in [0.25, 0.3) is 16.9 Å². The number of carbonyl (C=O) groups excluding carboxylic acids is 2. The number of ether oxygens (including phenoxy) is 1. The Morgan fingerprint density at radius 1 is 1.10 bits per heavy atom. The van der Waals surface area contributed by atoms with E-state index in [4.69, 9.17) is 10.5 Å². The summed E-state index contributed by atoms with van der Waals surface area (Å²) in [5.41, 5.74) is -1.07. The van der Waals surface area contributed by atoms with Gasteiger partial charge < -0.3 is 25.3 Å². The first-order valence-electron chi connectivity index (χ1n) is 11.7. The van der Waals surface area contributed by atoms with Gasteiger partial charge in [0.1, 0.15) is 46.4 Å². The van der Waals surface area contributed by atoms with Gasteiger partial charge >= 0.3 is 6.18 Å². The van der Waals surface area contributed by atoms with Crippen molar-refractivity contribution in [1.82, 2.24) is 19.7 Å². The van der Waals surface area contributed by atoms with E-state index in [0.717, 1.165) is 36.7 Å². The molecule has 40 heavy (non-hydrogen) atoms. The number of fused-ring (bicyclic) bond motifs is 2. The van der Waals surface area contributed by atoms with Crippen LogP contribution in [0.2, 0.25) is 0 Å². The number of alkyl halides is 3. The largest absolute Gasteiger partial charge is 0.489 e. The van der Waals surface area contributed by atoms with Crippen molar-refractivity contribution >= 4 is 17.5 Å². The summed E-state index contributed by atoms with van der Waals surface area (Å²) in [5.74, 6) is -3.29. The molecule has 0 saturated heterocycles. The fraction of sp³-hybridized carbons (Fsp3) is 0.231. The molecular formula is C26H20F5N5O4. The monoisotopic (exact) mass is 561 g/mol. The SMILES string of the molecule is C[C@]1(C(N)=O)COc2c1cc([C@@](O)(CNC(=O)c1cn3cc(F)ccc3n1)C(F)(F)F)nc2-c1ccc(F)cc1. The van der Waals surface area contributed by atoms with Crippen LogP contribution in [0.5, 0.6) is 5.75 Å². The number of imidazole rings is 1. The quantitative estimate of drug-likeness (QED) is 0.310. The van der Waals surface area contributed by atoms with Crippen LogP contribution in [-0.4, -0.2) is 50.6 Å². The van der Waals surface area contributed by atoms with E-state index in [2.05, 4.69) is 9.97 Å². The van der Waals surface area contributed by atoms with Crippen molar-refractivity contribution in [2.45, 2.75) is 24.1 Å². The number of nitrogens with zero attached hydrogens (tertiary/aromatic N) is 3. The third-order valence-electron chi connectivity index (χ3n) is 6.78. The fourth-order valence-electron chi connectivity index (χ4n) is 4.31. The van der Waals surface area contributed by atoms with Crippen LogP contribution in [0.3, 0.4) is 0 Å².